The number of halogens is 1. The normalized spacial score (nSPS) is 9.69. The second-order valence-electron chi connectivity index (χ2n) is 2.41. The minimum absolute atomic E-state index is 0.00930. The third kappa shape index (κ3) is 2.19. The summed E-state index contributed by atoms with van der Waals surface area (Å²) in [5.41, 5.74) is 7.50. The third-order valence-corrected chi connectivity index (χ3v) is 2.01. The lowest BCUT2D eigenvalue weighted by molar-refractivity contribution is 0.943. The van der Waals surface area contributed by atoms with Crippen LogP contribution in [0.1, 0.15) is 11.1 Å². The molecule has 4 N–H and O–H groups in total. The van der Waals surface area contributed by atoms with E-state index in [0.29, 0.717) is 17.8 Å². The fraction of sp³-hybridized carbons (Fsp3) is 0.125. The molecule has 0 spiro atoms. The summed E-state index contributed by atoms with van der Waals surface area (Å²) < 4.78 is 14.4. The zero-order valence-electron chi connectivity index (χ0n) is 6.88. The molecule has 0 bridgehead atoms. The van der Waals surface area contributed by atoms with Gasteiger partial charge in [0, 0.05) is 18.3 Å². The van der Waals surface area contributed by atoms with E-state index in [0.717, 1.165) is 5.56 Å². The molecule has 0 unspecified atom stereocenters. The van der Waals surface area contributed by atoms with E-state index in [1.807, 2.05) is 6.07 Å². The molecule has 3 nitrogen and oxygen atoms in total. The van der Waals surface area contributed by atoms with E-state index in [4.69, 9.17) is 11.1 Å². The molecule has 1 aromatic carbocycles. The smallest absolute Gasteiger partial charge is 0.162 e. The SMILES string of the molecule is N=Cc1c(CN)cccc1NSF. The second-order valence-corrected chi connectivity index (χ2v) is 2.76. The number of benzene rings is 1. The Morgan fingerprint density at radius 3 is 2.92 bits per heavy atom. The molecule has 1 aromatic rings. The first-order valence-electron chi connectivity index (χ1n) is 3.69. The maximum atomic E-state index is 11.9. The number of hydrogen-bond donors (Lipinski definition) is 3. The number of nitrogens with two attached hydrogens (primary N) is 1. The molecule has 0 aliphatic heterocycles. The molecule has 70 valence electrons. The molecule has 0 radical (unpaired) electrons. The van der Waals surface area contributed by atoms with Crippen molar-refractivity contribution in [2.75, 3.05) is 4.72 Å². The molecule has 0 saturated heterocycles. The van der Waals surface area contributed by atoms with E-state index in [1.54, 1.807) is 12.1 Å². The number of rotatable bonds is 4. The van der Waals surface area contributed by atoms with Crippen LogP contribution >= 0.6 is 12.3 Å². The zero-order chi connectivity index (χ0) is 9.68. The Bertz CT molecular complexity index is 303. The molecule has 0 aliphatic carbocycles. The maximum Gasteiger partial charge on any atom is 0.162 e. The van der Waals surface area contributed by atoms with Crippen molar-refractivity contribution in [2.45, 2.75) is 6.54 Å². The fourth-order valence-corrected chi connectivity index (χ4v) is 1.35. The van der Waals surface area contributed by atoms with Gasteiger partial charge < -0.3 is 15.9 Å². The summed E-state index contributed by atoms with van der Waals surface area (Å²) >= 11 is 0.00930. The van der Waals surface area contributed by atoms with Crippen molar-refractivity contribution in [3.63, 3.8) is 0 Å². The van der Waals surface area contributed by atoms with Crippen molar-refractivity contribution in [1.82, 2.24) is 0 Å². The quantitative estimate of drug-likeness (QED) is 0.514. The van der Waals surface area contributed by atoms with Crippen LogP contribution in [0.25, 0.3) is 0 Å². The highest BCUT2D eigenvalue weighted by Crippen LogP contribution is 2.20. The molecule has 1 rings (SSSR count). The molecular weight excluding hydrogens is 189 g/mol. The van der Waals surface area contributed by atoms with Gasteiger partial charge >= 0.3 is 0 Å². The summed E-state index contributed by atoms with van der Waals surface area (Å²) in [7, 11) is 0. The molecule has 0 heterocycles. The summed E-state index contributed by atoms with van der Waals surface area (Å²) in [6, 6.07) is 5.29. The van der Waals surface area contributed by atoms with Gasteiger partial charge in [-0.05, 0) is 11.6 Å². The van der Waals surface area contributed by atoms with Crippen molar-refractivity contribution in [3.8, 4) is 0 Å². The van der Waals surface area contributed by atoms with E-state index >= 15 is 0 Å². The first-order chi connectivity index (χ1) is 6.33. The summed E-state index contributed by atoms with van der Waals surface area (Å²) in [4.78, 5) is 0. The molecule has 13 heavy (non-hydrogen) atoms. The van der Waals surface area contributed by atoms with Gasteiger partial charge in [0.1, 0.15) is 0 Å². The monoisotopic (exact) mass is 199 g/mol. The van der Waals surface area contributed by atoms with Crippen LogP contribution in [-0.4, -0.2) is 6.21 Å². The lowest BCUT2D eigenvalue weighted by Crippen LogP contribution is -2.03. The maximum absolute atomic E-state index is 11.9. The van der Waals surface area contributed by atoms with Gasteiger partial charge in [-0.1, -0.05) is 12.1 Å². The van der Waals surface area contributed by atoms with Crippen molar-refractivity contribution in [3.05, 3.63) is 29.3 Å². The standard InChI is InChI=1S/C8H10FN3S/c9-13-12-8-3-1-2-6(4-10)7(8)5-11/h1-3,5,11-12H,4,10H2. The minimum atomic E-state index is 0.00930. The van der Waals surface area contributed by atoms with Gasteiger partial charge in [0.25, 0.3) is 0 Å². The fourth-order valence-electron chi connectivity index (χ4n) is 1.09. The third-order valence-electron chi connectivity index (χ3n) is 1.71. The molecular formula is C8H10FN3S. The van der Waals surface area contributed by atoms with Crippen molar-refractivity contribution < 1.29 is 3.89 Å². The molecule has 0 saturated carbocycles. The van der Waals surface area contributed by atoms with Crippen LogP contribution in [-0.2, 0) is 6.54 Å². The van der Waals surface area contributed by atoms with Gasteiger partial charge in [-0.3, -0.25) is 0 Å². The molecule has 0 atom stereocenters. The zero-order valence-corrected chi connectivity index (χ0v) is 7.70. The summed E-state index contributed by atoms with van der Waals surface area (Å²) in [5.74, 6) is 0. The van der Waals surface area contributed by atoms with Gasteiger partial charge in [0.05, 0.1) is 5.69 Å². The summed E-state index contributed by atoms with van der Waals surface area (Å²) in [6.45, 7) is 0.344. The van der Waals surface area contributed by atoms with Crippen LogP contribution in [0.4, 0.5) is 9.57 Å². The average Bonchev–Trinajstić information content (AvgIpc) is 2.18. The summed E-state index contributed by atoms with van der Waals surface area (Å²) in [5, 5.41) is 7.15. The van der Waals surface area contributed by atoms with E-state index < -0.39 is 0 Å². The van der Waals surface area contributed by atoms with Crippen molar-refractivity contribution >= 4 is 24.2 Å². The van der Waals surface area contributed by atoms with Crippen LogP contribution < -0.4 is 10.5 Å². The van der Waals surface area contributed by atoms with Gasteiger partial charge in [-0.25, -0.2) is 0 Å². The van der Waals surface area contributed by atoms with E-state index in [-0.39, 0.29) is 12.3 Å². The Morgan fingerprint density at radius 1 is 1.62 bits per heavy atom. The van der Waals surface area contributed by atoms with Crippen LogP contribution in [0, 0.1) is 5.41 Å². The summed E-state index contributed by atoms with van der Waals surface area (Å²) in [6.07, 6.45) is 1.17. The highest BCUT2D eigenvalue weighted by Gasteiger charge is 2.03. The molecule has 0 amide bonds. The van der Waals surface area contributed by atoms with Gasteiger partial charge in [0.15, 0.2) is 12.3 Å². The molecule has 0 aromatic heterocycles. The lowest BCUT2D eigenvalue weighted by Gasteiger charge is -2.08. The van der Waals surface area contributed by atoms with E-state index in [2.05, 4.69) is 4.72 Å². The van der Waals surface area contributed by atoms with Crippen LogP contribution in [0.3, 0.4) is 0 Å². The van der Waals surface area contributed by atoms with Crippen molar-refractivity contribution in [2.24, 2.45) is 5.73 Å². The van der Waals surface area contributed by atoms with Gasteiger partial charge in [-0.15, -0.1) is 3.89 Å². The minimum Gasteiger partial charge on any atom is -0.326 e. The van der Waals surface area contributed by atoms with Crippen molar-refractivity contribution in [1.29, 1.82) is 5.41 Å². The van der Waals surface area contributed by atoms with Crippen LogP contribution in [0.2, 0.25) is 0 Å². The van der Waals surface area contributed by atoms with Crippen LogP contribution in [0.5, 0.6) is 0 Å². The van der Waals surface area contributed by atoms with Gasteiger partial charge in [-0.2, -0.15) is 0 Å². The Labute approximate surface area is 80.5 Å². The van der Waals surface area contributed by atoms with E-state index in [1.165, 1.54) is 6.21 Å². The highest BCUT2D eigenvalue weighted by molar-refractivity contribution is 7.95. The molecule has 0 aliphatic rings. The predicted octanol–water partition coefficient (Wildman–Crippen LogP) is 2.09. The van der Waals surface area contributed by atoms with Gasteiger partial charge in [0.2, 0.25) is 0 Å². The Morgan fingerprint density at radius 2 is 2.38 bits per heavy atom. The lowest BCUT2D eigenvalue weighted by atomic mass is 10.1. The topological polar surface area (TPSA) is 61.9 Å². The molecule has 0 fully saturated rings. The highest BCUT2D eigenvalue weighted by atomic mass is 32.2. The first kappa shape index (κ1) is 10.0. The number of anilines is 1. The Kier molecular flexibility index (Phi) is 3.72. The van der Waals surface area contributed by atoms with Crippen LogP contribution in [0.15, 0.2) is 18.2 Å². The Hall–Kier alpha value is -1.07. The second kappa shape index (κ2) is 4.84. The first-order valence-corrected chi connectivity index (χ1v) is 4.41. The molecule has 5 heteroatoms. The number of nitrogens with one attached hydrogen (secondary N) is 2. The number of hydrogen-bond acceptors (Lipinski definition) is 4. The van der Waals surface area contributed by atoms with E-state index in [9.17, 15) is 3.89 Å². The largest absolute Gasteiger partial charge is 0.326 e. The Balaban J connectivity index is 3.10. The predicted molar refractivity (Wildman–Crippen MR) is 54.5 cm³/mol. The average molecular weight is 199 g/mol.